The number of nitrogens with one attached hydrogen (secondary N) is 1. The van der Waals surface area contributed by atoms with Gasteiger partial charge in [0.1, 0.15) is 0 Å². The van der Waals surface area contributed by atoms with Gasteiger partial charge in [-0.05, 0) is 49.3 Å². The van der Waals surface area contributed by atoms with Crippen molar-refractivity contribution in [1.29, 1.82) is 0 Å². The van der Waals surface area contributed by atoms with Crippen molar-refractivity contribution in [2.75, 3.05) is 18.0 Å². The van der Waals surface area contributed by atoms with Crippen molar-refractivity contribution in [2.24, 2.45) is 16.6 Å². The van der Waals surface area contributed by atoms with Crippen LogP contribution in [-0.2, 0) is 11.3 Å². The fourth-order valence-electron chi connectivity index (χ4n) is 3.04. The van der Waals surface area contributed by atoms with Gasteiger partial charge in [0.15, 0.2) is 5.96 Å². The highest BCUT2D eigenvalue weighted by Crippen LogP contribution is 2.25. The van der Waals surface area contributed by atoms with Crippen molar-refractivity contribution in [3.8, 4) is 0 Å². The minimum absolute atomic E-state index is 0. The number of carbonyl (C=O) groups is 1. The zero-order valence-electron chi connectivity index (χ0n) is 14.0. The van der Waals surface area contributed by atoms with E-state index in [2.05, 4.69) is 10.3 Å². The van der Waals surface area contributed by atoms with E-state index in [0.29, 0.717) is 18.9 Å². The Kier molecular flexibility index (Phi) is 7.33. The monoisotopic (exact) mass is 442 g/mol. The van der Waals surface area contributed by atoms with Crippen LogP contribution in [0.25, 0.3) is 0 Å². The van der Waals surface area contributed by atoms with E-state index in [0.717, 1.165) is 43.1 Å². The zero-order chi connectivity index (χ0) is 16.1. The van der Waals surface area contributed by atoms with E-state index in [1.165, 1.54) is 19.3 Å². The molecule has 2 aliphatic rings. The number of amides is 1. The average molecular weight is 442 g/mol. The van der Waals surface area contributed by atoms with Gasteiger partial charge >= 0.3 is 0 Å². The fourth-order valence-corrected chi connectivity index (χ4v) is 3.04. The number of halogens is 1. The molecule has 1 saturated carbocycles. The Morgan fingerprint density at radius 2 is 1.96 bits per heavy atom. The standard InChI is InChI=1S/C18H26N4O.HI/c19-18(20-12-14-4-3-5-14)21-13-15-7-9-16(10-8-15)22-11-2-1-6-17(22)23;/h7-10,14H,1-6,11-13H2,(H3,19,20,21);1H. The summed E-state index contributed by atoms with van der Waals surface area (Å²) in [5.74, 6) is 1.52. The smallest absolute Gasteiger partial charge is 0.226 e. The number of rotatable bonds is 5. The molecule has 0 spiro atoms. The molecule has 1 aromatic rings. The lowest BCUT2D eigenvalue weighted by molar-refractivity contribution is -0.119. The van der Waals surface area contributed by atoms with Gasteiger partial charge in [0.05, 0.1) is 6.54 Å². The third kappa shape index (κ3) is 5.09. The van der Waals surface area contributed by atoms with Crippen LogP contribution in [0, 0.1) is 5.92 Å². The molecule has 1 saturated heterocycles. The summed E-state index contributed by atoms with van der Waals surface area (Å²) >= 11 is 0. The number of carbonyl (C=O) groups excluding carboxylic acids is 1. The lowest BCUT2D eigenvalue weighted by Gasteiger charge is -2.26. The predicted octanol–water partition coefficient (Wildman–Crippen LogP) is 3.03. The summed E-state index contributed by atoms with van der Waals surface area (Å²) in [6.45, 7) is 2.33. The normalized spacial score (nSPS) is 18.8. The van der Waals surface area contributed by atoms with Gasteiger partial charge in [-0.15, -0.1) is 24.0 Å². The molecule has 0 aromatic heterocycles. The van der Waals surface area contributed by atoms with Crippen molar-refractivity contribution in [1.82, 2.24) is 5.32 Å². The maximum Gasteiger partial charge on any atom is 0.226 e. The van der Waals surface area contributed by atoms with E-state index in [4.69, 9.17) is 5.73 Å². The van der Waals surface area contributed by atoms with E-state index in [1.807, 2.05) is 29.2 Å². The second-order valence-corrected chi connectivity index (χ2v) is 6.55. The number of piperidine rings is 1. The molecule has 6 heteroatoms. The number of aliphatic imine (C=N–C) groups is 1. The maximum absolute atomic E-state index is 11.9. The summed E-state index contributed by atoms with van der Waals surface area (Å²) in [7, 11) is 0. The molecule has 1 amide bonds. The molecule has 0 atom stereocenters. The lowest BCUT2D eigenvalue weighted by atomic mass is 9.85. The second kappa shape index (κ2) is 9.25. The first kappa shape index (κ1) is 19.0. The molecule has 132 valence electrons. The lowest BCUT2D eigenvalue weighted by Crippen LogP contribution is -2.37. The van der Waals surface area contributed by atoms with E-state index >= 15 is 0 Å². The third-order valence-corrected chi connectivity index (χ3v) is 4.80. The molecule has 3 N–H and O–H groups in total. The number of hydrogen-bond acceptors (Lipinski definition) is 2. The summed E-state index contributed by atoms with van der Waals surface area (Å²) in [6, 6.07) is 8.07. The molecule has 2 fully saturated rings. The highest BCUT2D eigenvalue weighted by atomic mass is 127. The summed E-state index contributed by atoms with van der Waals surface area (Å²) in [6.07, 6.45) is 6.70. The summed E-state index contributed by atoms with van der Waals surface area (Å²) in [5.41, 5.74) is 7.99. The van der Waals surface area contributed by atoms with Crippen LogP contribution < -0.4 is 16.0 Å². The number of hydrogen-bond donors (Lipinski definition) is 2. The van der Waals surface area contributed by atoms with Crippen molar-refractivity contribution >= 4 is 41.5 Å². The van der Waals surface area contributed by atoms with Crippen LogP contribution in [-0.4, -0.2) is 25.0 Å². The van der Waals surface area contributed by atoms with Gasteiger partial charge in [-0.2, -0.15) is 0 Å². The van der Waals surface area contributed by atoms with E-state index in [1.54, 1.807) is 0 Å². The molecule has 1 aromatic carbocycles. The minimum atomic E-state index is 0. The molecular weight excluding hydrogens is 415 g/mol. The SMILES string of the molecule is I.NC(=NCc1ccc(N2CCCCC2=O)cc1)NCC1CCC1. The van der Waals surface area contributed by atoms with Gasteiger partial charge in [0, 0.05) is 25.2 Å². The van der Waals surface area contributed by atoms with E-state index in [9.17, 15) is 4.79 Å². The molecule has 0 unspecified atom stereocenters. The van der Waals surface area contributed by atoms with Crippen LogP contribution in [0.1, 0.15) is 44.1 Å². The quantitative estimate of drug-likeness (QED) is 0.419. The minimum Gasteiger partial charge on any atom is -0.370 e. The second-order valence-electron chi connectivity index (χ2n) is 6.55. The van der Waals surface area contributed by atoms with Crippen LogP contribution in [0.2, 0.25) is 0 Å². The predicted molar refractivity (Wildman–Crippen MR) is 109 cm³/mol. The van der Waals surface area contributed by atoms with Crippen molar-refractivity contribution in [3.05, 3.63) is 29.8 Å². The molecule has 3 rings (SSSR count). The van der Waals surface area contributed by atoms with E-state index in [-0.39, 0.29) is 29.9 Å². The molecule has 5 nitrogen and oxygen atoms in total. The first-order valence-corrected chi connectivity index (χ1v) is 8.65. The van der Waals surface area contributed by atoms with Crippen LogP contribution >= 0.6 is 24.0 Å². The molecule has 1 aliphatic carbocycles. The Bertz CT molecular complexity index is 569. The first-order valence-electron chi connectivity index (χ1n) is 8.65. The van der Waals surface area contributed by atoms with Gasteiger partial charge < -0.3 is 16.0 Å². The van der Waals surface area contributed by atoms with Crippen LogP contribution in [0.4, 0.5) is 5.69 Å². The number of nitrogens with zero attached hydrogens (tertiary/aromatic N) is 2. The van der Waals surface area contributed by atoms with Gasteiger partial charge in [0.2, 0.25) is 5.91 Å². The highest BCUT2D eigenvalue weighted by molar-refractivity contribution is 14.0. The average Bonchev–Trinajstić information content (AvgIpc) is 2.52. The van der Waals surface area contributed by atoms with Gasteiger partial charge in [0.25, 0.3) is 0 Å². The van der Waals surface area contributed by atoms with Crippen LogP contribution in [0.15, 0.2) is 29.3 Å². The molecule has 1 aliphatic heterocycles. The van der Waals surface area contributed by atoms with Crippen LogP contribution in [0.5, 0.6) is 0 Å². The molecular formula is C18H27IN4O. The largest absolute Gasteiger partial charge is 0.370 e. The van der Waals surface area contributed by atoms with Crippen molar-refractivity contribution in [3.63, 3.8) is 0 Å². The van der Waals surface area contributed by atoms with Gasteiger partial charge in [-0.3, -0.25) is 4.79 Å². The summed E-state index contributed by atoms with van der Waals surface area (Å²) in [4.78, 5) is 18.2. The van der Waals surface area contributed by atoms with Crippen molar-refractivity contribution in [2.45, 2.75) is 45.1 Å². The number of benzene rings is 1. The van der Waals surface area contributed by atoms with E-state index < -0.39 is 0 Å². The highest BCUT2D eigenvalue weighted by Gasteiger charge is 2.19. The fraction of sp³-hybridized carbons (Fsp3) is 0.556. The Morgan fingerprint density at radius 3 is 2.58 bits per heavy atom. The Hall–Kier alpha value is -1.31. The van der Waals surface area contributed by atoms with Gasteiger partial charge in [-0.1, -0.05) is 18.6 Å². The summed E-state index contributed by atoms with van der Waals surface area (Å²) < 4.78 is 0. The number of anilines is 1. The Labute approximate surface area is 161 Å². The first-order chi connectivity index (χ1) is 11.2. The zero-order valence-corrected chi connectivity index (χ0v) is 16.4. The molecule has 0 radical (unpaired) electrons. The third-order valence-electron chi connectivity index (χ3n) is 4.80. The molecule has 1 heterocycles. The van der Waals surface area contributed by atoms with Crippen molar-refractivity contribution < 1.29 is 4.79 Å². The Balaban J connectivity index is 0.00000208. The topological polar surface area (TPSA) is 70.7 Å². The molecule has 0 bridgehead atoms. The summed E-state index contributed by atoms with van der Waals surface area (Å²) in [5, 5.41) is 3.20. The van der Waals surface area contributed by atoms with Gasteiger partial charge in [-0.25, -0.2) is 4.99 Å². The molecule has 24 heavy (non-hydrogen) atoms. The number of nitrogens with two attached hydrogens (primary N) is 1. The number of guanidine groups is 1. The Morgan fingerprint density at radius 1 is 1.21 bits per heavy atom. The maximum atomic E-state index is 11.9. The van der Waals surface area contributed by atoms with Crippen LogP contribution in [0.3, 0.4) is 0 Å².